The predicted molar refractivity (Wildman–Crippen MR) is 134 cm³/mol. The number of nitrogens with zero attached hydrogens (tertiary/aromatic N) is 2. The van der Waals surface area contributed by atoms with Gasteiger partial charge in [0.05, 0.1) is 11.1 Å². The summed E-state index contributed by atoms with van der Waals surface area (Å²) >= 11 is 0. The number of rotatable bonds is 4. The molecular formula is C26H28N6O. The molecule has 0 atom stereocenters. The molecule has 1 aliphatic rings. The minimum atomic E-state index is -0.177. The molecule has 4 heterocycles. The molecule has 0 spiro atoms. The van der Waals surface area contributed by atoms with E-state index < -0.39 is 0 Å². The van der Waals surface area contributed by atoms with Crippen LogP contribution in [0, 0.1) is 13.8 Å². The molecule has 0 saturated carbocycles. The summed E-state index contributed by atoms with van der Waals surface area (Å²) in [6.45, 7) is 6.20. The number of aryl methyl sites for hydroxylation is 2. The Morgan fingerprint density at radius 2 is 1.88 bits per heavy atom. The molecule has 168 valence electrons. The average Bonchev–Trinajstić information content (AvgIpc) is 2.81. The number of hydrogen-bond donors (Lipinski definition) is 4. The van der Waals surface area contributed by atoms with Crippen LogP contribution in [0.25, 0.3) is 22.0 Å². The lowest BCUT2D eigenvalue weighted by molar-refractivity contribution is 0.459. The molecule has 0 unspecified atom stereocenters. The fraction of sp³-hybridized carbons (Fsp3) is 0.269. The van der Waals surface area contributed by atoms with Crippen LogP contribution in [0.15, 0.2) is 53.6 Å². The Morgan fingerprint density at radius 1 is 1.06 bits per heavy atom. The smallest absolute Gasteiger partial charge is 0.259 e. The number of benzene rings is 1. The molecule has 5 N–H and O–H groups in total. The van der Waals surface area contributed by atoms with Crippen LogP contribution in [0.4, 0.5) is 17.3 Å². The van der Waals surface area contributed by atoms with Crippen molar-refractivity contribution in [3.05, 3.63) is 75.8 Å². The molecule has 0 bridgehead atoms. The van der Waals surface area contributed by atoms with Crippen molar-refractivity contribution in [2.24, 2.45) is 0 Å². The third kappa shape index (κ3) is 4.19. The molecule has 0 aliphatic carbocycles. The number of piperidine rings is 1. The van der Waals surface area contributed by atoms with Crippen LogP contribution >= 0.6 is 0 Å². The number of fused-ring (bicyclic) bond motifs is 1. The SMILES string of the molecule is Cc1cc(Nc2nc(-c3cnc(N)c(C)c3)cc3cc[nH]c(=O)c23)ccc1C1CCNCC1. The maximum Gasteiger partial charge on any atom is 0.259 e. The Kier molecular flexibility index (Phi) is 5.56. The van der Waals surface area contributed by atoms with Crippen LogP contribution in [0.2, 0.25) is 0 Å². The summed E-state index contributed by atoms with van der Waals surface area (Å²) in [4.78, 5) is 24.6. The van der Waals surface area contributed by atoms with Gasteiger partial charge in [0.25, 0.3) is 5.56 Å². The van der Waals surface area contributed by atoms with Crippen molar-refractivity contribution in [1.82, 2.24) is 20.3 Å². The van der Waals surface area contributed by atoms with Gasteiger partial charge in [-0.2, -0.15) is 0 Å². The summed E-state index contributed by atoms with van der Waals surface area (Å²) in [5, 5.41) is 8.18. The Balaban J connectivity index is 1.56. The average molecular weight is 441 g/mol. The van der Waals surface area contributed by atoms with Crippen LogP contribution in [0.3, 0.4) is 0 Å². The summed E-state index contributed by atoms with van der Waals surface area (Å²) < 4.78 is 0. The van der Waals surface area contributed by atoms with E-state index in [0.717, 1.165) is 53.8 Å². The Labute approximate surface area is 192 Å². The number of nitrogens with two attached hydrogens (primary N) is 1. The summed E-state index contributed by atoms with van der Waals surface area (Å²) in [6, 6.07) is 12.2. The fourth-order valence-corrected chi connectivity index (χ4v) is 4.66. The molecule has 33 heavy (non-hydrogen) atoms. The van der Waals surface area contributed by atoms with E-state index >= 15 is 0 Å². The fourth-order valence-electron chi connectivity index (χ4n) is 4.66. The summed E-state index contributed by atoms with van der Waals surface area (Å²) in [7, 11) is 0. The summed E-state index contributed by atoms with van der Waals surface area (Å²) in [5.41, 5.74) is 11.7. The van der Waals surface area contributed by atoms with Gasteiger partial charge in [-0.15, -0.1) is 0 Å². The third-order valence-corrected chi connectivity index (χ3v) is 6.48. The molecule has 5 rings (SSSR count). The van der Waals surface area contributed by atoms with Gasteiger partial charge in [0.1, 0.15) is 11.6 Å². The number of anilines is 3. The molecule has 7 heteroatoms. The standard InChI is InChI=1S/C26H28N6O/c1-15-12-20(3-4-21(15)17-5-8-28-9-6-17)31-25-23-18(7-10-29-26(23)33)13-22(32-25)19-11-16(2)24(27)30-14-19/h3-4,7,10-14,17,28H,5-6,8-9H2,1-2H3,(H2,27,30)(H,29,33)(H,31,32). The van der Waals surface area contributed by atoms with E-state index in [4.69, 9.17) is 10.7 Å². The largest absolute Gasteiger partial charge is 0.383 e. The normalized spacial score (nSPS) is 14.5. The topological polar surface area (TPSA) is 109 Å². The highest BCUT2D eigenvalue weighted by Crippen LogP contribution is 2.32. The first kappa shape index (κ1) is 21.2. The van der Waals surface area contributed by atoms with Gasteiger partial charge in [-0.25, -0.2) is 9.97 Å². The lowest BCUT2D eigenvalue weighted by atomic mass is 9.87. The number of H-pyrrole nitrogens is 1. The van der Waals surface area contributed by atoms with Crippen molar-refractivity contribution in [2.75, 3.05) is 24.1 Å². The molecule has 7 nitrogen and oxygen atoms in total. The van der Waals surface area contributed by atoms with Crippen LogP contribution in [0.5, 0.6) is 0 Å². The summed E-state index contributed by atoms with van der Waals surface area (Å²) in [5.74, 6) is 1.61. The minimum Gasteiger partial charge on any atom is -0.383 e. The van der Waals surface area contributed by atoms with Gasteiger partial charge >= 0.3 is 0 Å². The van der Waals surface area contributed by atoms with E-state index in [2.05, 4.69) is 45.7 Å². The second-order valence-corrected chi connectivity index (χ2v) is 8.77. The first-order chi connectivity index (χ1) is 16.0. The lowest BCUT2D eigenvalue weighted by Gasteiger charge is -2.25. The summed E-state index contributed by atoms with van der Waals surface area (Å²) in [6.07, 6.45) is 5.69. The van der Waals surface area contributed by atoms with Crippen molar-refractivity contribution in [3.8, 4) is 11.3 Å². The van der Waals surface area contributed by atoms with E-state index in [-0.39, 0.29) is 5.56 Å². The van der Waals surface area contributed by atoms with E-state index in [9.17, 15) is 4.79 Å². The van der Waals surface area contributed by atoms with Gasteiger partial charge in [-0.05, 0) is 98.1 Å². The molecular weight excluding hydrogens is 412 g/mol. The van der Waals surface area contributed by atoms with Gasteiger partial charge in [0, 0.05) is 23.6 Å². The highest BCUT2D eigenvalue weighted by Gasteiger charge is 2.18. The Bertz CT molecular complexity index is 1390. The number of nitrogen functional groups attached to an aromatic ring is 1. The first-order valence-electron chi connectivity index (χ1n) is 11.3. The number of aromatic amines is 1. The second kappa shape index (κ2) is 8.67. The van der Waals surface area contributed by atoms with Gasteiger partial charge < -0.3 is 21.4 Å². The molecule has 1 saturated heterocycles. The van der Waals surface area contributed by atoms with Crippen molar-refractivity contribution < 1.29 is 0 Å². The quantitative estimate of drug-likeness (QED) is 0.375. The van der Waals surface area contributed by atoms with Crippen LogP contribution in [0.1, 0.15) is 35.4 Å². The van der Waals surface area contributed by atoms with Gasteiger partial charge in [0.2, 0.25) is 0 Å². The van der Waals surface area contributed by atoms with Crippen molar-refractivity contribution in [1.29, 1.82) is 0 Å². The molecule has 0 amide bonds. The predicted octanol–water partition coefficient (Wildman–Crippen LogP) is 4.39. The van der Waals surface area contributed by atoms with Crippen LogP contribution in [-0.2, 0) is 0 Å². The molecule has 3 aromatic heterocycles. The van der Waals surface area contributed by atoms with Crippen molar-refractivity contribution in [2.45, 2.75) is 32.6 Å². The molecule has 1 aromatic carbocycles. The van der Waals surface area contributed by atoms with E-state index in [0.29, 0.717) is 22.9 Å². The Hall–Kier alpha value is -3.71. The molecule has 1 aliphatic heterocycles. The minimum absolute atomic E-state index is 0.177. The zero-order valence-corrected chi connectivity index (χ0v) is 18.9. The van der Waals surface area contributed by atoms with E-state index in [1.165, 1.54) is 11.1 Å². The van der Waals surface area contributed by atoms with E-state index in [1.54, 1.807) is 12.4 Å². The zero-order valence-electron chi connectivity index (χ0n) is 18.9. The van der Waals surface area contributed by atoms with Gasteiger partial charge in [0.15, 0.2) is 0 Å². The van der Waals surface area contributed by atoms with Gasteiger partial charge in [-0.3, -0.25) is 4.79 Å². The molecule has 4 aromatic rings. The number of pyridine rings is 3. The van der Waals surface area contributed by atoms with Crippen LogP contribution in [-0.4, -0.2) is 28.0 Å². The maximum atomic E-state index is 12.7. The monoisotopic (exact) mass is 440 g/mol. The number of aromatic nitrogens is 3. The lowest BCUT2D eigenvalue weighted by Crippen LogP contribution is -2.26. The highest BCUT2D eigenvalue weighted by atomic mass is 16.1. The first-order valence-corrected chi connectivity index (χ1v) is 11.3. The second-order valence-electron chi connectivity index (χ2n) is 8.77. The van der Waals surface area contributed by atoms with Crippen molar-refractivity contribution in [3.63, 3.8) is 0 Å². The zero-order chi connectivity index (χ0) is 22.9. The molecule has 0 radical (unpaired) electrons. The van der Waals surface area contributed by atoms with E-state index in [1.807, 2.05) is 25.1 Å². The number of hydrogen-bond acceptors (Lipinski definition) is 6. The highest BCUT2D eigenvalue weighted by molar-refractivity contribution is 5.95. The van der Waals surface area contributed by atoms with Gasteiger partial charge in [-0.1, -0.05) is 6.07 Å². The number of nitrogens with one attached hydrogen (secondary N) is 3. The third-order valence-electron chi connectivity index (χ3n) is 6.48. The van der Waals surface area contributed by atoms with Crippen LogP contribution < -0.4 is 21.9 Å². The Morgan fingerprint density at radius 3 is 2.64 bits per heavy atom. The van der Waals surface area contributed by atoms with Crippen molar-refractivity contribution >= 4 is 28.1 Å². The molecule has 1 fully saturated rings. The maximum absolute atomic E-state index is 12.7.